The molecule has 2 aromatic rings. The summed E-state index contributed by atoms with van der Waals surface area (Å²) in [5.74, 6) is 1.55. The molecule has 2 heterocycles. The molecular formula is C22H26N2O2. The Labute approximate surface area is 155 Å². The zero-order valence-corrected chi connectivity index (χ0v) is 15.1. The number of anilines is 1. The molecule has 2 aromatic carbocycles. The lowest BCUT2D eigenvalue weighted by Crippen LogP contribution is -2.37. The number of carbonyl (C=O) groups is 1. The van der Waals surface area contributed by atoms with Gasteiger partial charge in [0.1, 0.15) is 5.75 Å². The Morgan fingerprint density at radius 1 is 1.00 bits per heavy atom. The summed E-state index contributed by atoms with van der Waals surface area (Å²) in [4.78, 5) is 16.8. The summed E-state index contributed by atoms with van der Waals surface area (Å²) in [5, 5.41) is 9.68. The molecule has 0 aromatic heterocycles. The van der Waals surface area contributed by atoms with Gasteiger partial charge >= 0.3 is 0 Å². The third-order valence-corrected chi connectivity index (χ3v) is 5.72. The molecule has 26 heavy (non-hydrogen) atoms. The topological polar surface area (TPSA) is 43.8 Å². The molecule has 2 saturated heterocycles. The van der Waals surface area contributed by atoms with Crippen molar-refractivity contribution < 1.29 is 9.90 Å². The van der Waals surface area contributed by atoms with Crippen LogP contribution in [0.2, 0.25) is 0 Å². The van der Waals surface area contributed by atoms with Crippen molar-refractivity contribution in [1.82, 2.24) is 4.90 Å². The number of hydrogen-bond acceptors (Lipinski definition) is 3. The molecule has 1 atom stereocenters. The standard InChI is InChI=1S/C22H26N2O2/c25-21-8-4-5-19(14-21)18-9-11-23(12-10-18)15-17-13-22(26)24(16-17)20-6-2-1-3-7-20/h1-8,14,17-18,25H,9-13,15-16H2. The van der Waals surface area contributed by atoms with E-state index in [1.807, 2.05) is 47.4 Å². The molecule has 0 saturated carbocycles. The highest BCUT2D eigenvalue weighted by Gasteiger charge is 2.32. The van der Waals surface area contributed by atoms with E-state index in [4.69, 9.17) is 0 Å². The highest BCUT2D eigenvalue weighted by atomic mass is 16.3. The van der Waals surface area contributed by atoms with Crippen molar-refractivity contribution >= 4 is 11.6 Å². The maximum absolute atomic E-state index is 12.4. The summed E-state index contributed by atoms with van der Waals surface area (Å²) in [5.41, 5.74) is 2.26. The molecule has 0 spiro atoms. The fourth-order valence-corrected chi connectivity index (χ4v) is 4.35. The first-order valence-corrected chi connectivity index (χ1v) is 9.56. The Bertz CT molecular complexity index is 754. The predicted molar refractivity (Wildman–Crippen MR) is 103 cm³/mol. The first kappa shape index (κ1) is 17.1. The normalized spacial score (nSPS) is 22.1. The van der Waals surface area contributed by atoms with E-state index >= 15 is 0 Å². The van der Waals surface area contributed by atoms with Crippen LogP contribution in [0.1, 0.15) is 30.7 Å². The average molecular weight is 350 g/mol. The third kappa shape index (κ3) is 3.75. The number of phenols is 1. The van der Waals surface area contributed by atoms with E-state index in [0.29, 0.717) is 24.0 Å². The largest absolute Gasteiger partial charge is 0.508 e. The summed E-state index contributed by atoms with van der Waals surface area (Å²) in [6.07, 6.45) is 2.89. The quantitative estimate of drug-likeness (QED) is 0.916. The van der Waals surface area contributed by atoms with E-state index in [9.17, 15) is 9.90 Å². The Hall–Kier alpha value is -2.33. The lowest BCUT2D eigenvalue weighted by molar-refractivity contribution is -0.117. The number of aromatic hydroxyl groups is 1. The molecule has 2 fully saturated rings. The van der Waals surface area contributed by atoms with Gasteiger partial charge in [0.15, 0.2) is 0 Å². The van der Waals surface area contributed by atoms with E-state index in [1.54, 1.807) is 6.07 Å². The van der Waals surface area contributed by atoms with Crippen LogP contribution >= 0.6 is 0 Å². The van der Waals surface area contributed by atoms with Gasteiger partial charge in [-0.15, -0.1) is 0 Å². The number of para-hydroxylation sites is 1. The Morgan fingerprint density at radius 3 is 2.50 bits per heavy atom. The minimum Gasteiger partial charge on any atom is -0.508 e. The van der Waals surface area contributed by atoms with Crippen molar-refractivity contribution in [3.05, 3.63) is 60.2 Å². The number of piperidine rings is 1. The van der Waals surface area contributed by atoms with Crippen LogP contribution in [0.3, 0.4) is 0 Å². The zero-order valence-electron chi connectivity index (χ0n) is 15.1. The number of rotatable bonds is 4. The summed E-state index contributed by atoms with van der Waals surface area (Å²) < 4.78 is 0. The van der Waals surface area contributed by atoms with Crippen LogP contribution in [0, 0.1) is 5.92 Å². The van der Waals surface area contributed by atoms with E-state index in [2.05, 4.69) is 11.0 Å². The fraction of sp³-hybridized carbons (Fsp3) is 0.409. The number of carbonyl (C=O) groups excluding carboxylic acids is 1. The highest BCUT2D eigenvalue weighted by Crippen LogP contribution is 2.31. The maximum atomic E-state index is 12.4. The lowest BCUT2D eigenvalue weighted by Gasteiger charge is -2.33. The van der Waals surface area contributed by atoms with Crippen molar-refractivity contribution in [3.63, 3.8) is 0 Å². The number of nitrogens with zero attached hydrogens (tertiary/aromatic N) is 2. The van der Waals surface area contributed by atoms with Gasteiger partial charge in [-0.2, -0.15) is 0 Å². The first-order chi connectivity index (χ1) is 12.7. The van der Waals surface area contributed by atoms with Crippen LogP contribution < -0.4 is 4.90 Å². The molecule has 4 rings (SSSR count). The second-order valence-electron chi connectivity index (χ2n) is 7.58. The van der Waals surface area contributed by atoms with Gasteiger partial charge < -0.3 is 14.9 Å². The number of likely N-dealkylation sites (tertiary alicyclic amines) is 1. The van der Waals surface area contributed by atoms with Crippen molar-refractivity contribution in [2.24, 2.45) is 5.92 Å². The van der Waals surface area contributed by atoms with Gasteiger partial charge in [0.05, 0.1) is 0 Å². The molecule has 1 amide bonds. The van der Waals surface area contributed by atoms with Crippen molar-refractivity contribution in [2.45, 2.75) is 25.2 Å². The van der Waals surface area contributed by atoms with Gasteiger partial charge in [0.25, 0.3) is 0 Å². The molecule has 2 aliphatic heterocycles. The highest BCUT2D eigenvalue weighted by molar-refractivity contribution is 5.95. The van der Waals surface area contributed by atoms with Gasteiger partial charge in [-0.25, -0.2) is 0 Å². The predicted octanol–water partition coefficient (Wildman–Crippen LogP) is 3.62. The van der Waals surface area contributed by atoms with Gasteiger partial charge in [0.2, 0.25) is 5.91 Å². The van der Waals surface area contributed by atoms with Crippen molar-refractivity contribution in [2.75, 3.05) is 31.1 Å². The first-order valence-electron chi connectivity index (χ1n) is 9.56. The van der Waals surface area contributed by atoms with Crippen LogP contribution in [0.4, 0.5) is 5.69 Å². The SMILES string of the molecule is O=C1CC(CN2CCC(c3cccc(O)c3)CC2)CN1c1ccccc1. The van der Waals surface area contributed by atoms with Gasteiger partial charge in [0, 0.05) is 25.2 Å². The molecule has 4 nitrogen and oxygen atoms in total. The van der Waals surface area contributed by atoms with Crippen molar-refractivity contribution in [3.8, 4) is 5.75 Å². The maximum Gasteiger partial charge on any atom is 0.227 e. The van der Waals surface area contributed by atoms with Gasteiger partial charge in [-0.1, -0.05) is 30.3 Å². The Morgan fingerprint density at radius 2 is 1.77 bits per heavy atom. The van der Waals surface area contributed by atoms with Gasteiger partial charge in [-0.3, -0.25) is 4.79 Å². The summed E-state index contributed by atoms with van der Waals surface area (Å²) >= 11 is 0. The molecule has 0 aliphatic carbocycles. The minimum absolute atomic E-state index is 0.246. The molecule has 136 valence electrons. The second-order valence-corrected chi connectivity index (χ2v) is 7.58. The fourth-order valence-electron chi connectivity index (χ4n) is 4.35. The third-order valence-electron chi connectivity index (χ3n) is 5.72. The summed E-state index contributed by atoms with van der Waals surface area (Å²) in [6, 6.07) is 17.7. The number of amides is 1. The van der Waals surface area contributed by atoms with Crippen LogP contribution in [-0.4, -0.2) is 42.1 Å². The monoisotopic (exact) mass is 350 g/mol. The summed E-state index contributed by atoms with van der Waals surface area (Å²) in [6.45, 7) is 3.96. The lowest BCUT2D eigenvalue weighted by atomic mass is 9.89. The molecule has 0 radical (unpaired) electrons. The summed E-state index contributed by atoms with van der Waals surface area (Å²) in [7, 11) is 0. The van der Waals surface area contributed by atoms with Crippen LogP contribution in [0.15, 0.2) is 54.6 Å². The second kappa shape index (κ2) is 7.50. The van der Waals surface area contributed by atoms with Crippen LogP contribution in [-0.2, 0) is 4.79 Å². The molecular weight excluding hydrogens is 324 g/mol. The van der Waals surface area contributed by atoms with Gasteiger partial charge in [-0.05, 0) is 67.6 Å². The van der Waals surface area contributed by atoms with Crippen LogP contribution in [0.5, 0.6) is 5.75 Å². The van der Waals surface area contributed by atoms with E-state index in [-0.39, 0.29) is 5.91 Å². The van der Waals surface area contributed by atoms with Crippen molar-refractivity contribution in [1.29, 1.82) is 0 Å². The Balaban J connectivity index is 1.30. The number of benzene rings is 2. The number of phenolic OH excluding ortho intramolecular Hbond substituents is 1. The average Bonchev–Trinajstić information content (AvgIpc) is 3.03. The smallest absolute Gasteiger partial charge is 0.227 e. The minimum atomic E-state index is 0.246. The Kier molecular flexibility index (Phi) is 4.93. The molecule has 4 heteroatoms. The van der Waals surface area contributed by atoms with E-state index in [0.717, 1.165) is 44.7 Å². The van der Waals surface area contributed by atoms with E-state index < -0.39 is 0 Å². The van der Waals surface area contributed by atoms with Crippen LogP contribution in [0.25, 0.3) is 0 Å². The molecule has 1 unspecified atom stereocenters. The van der Waals surface area contributed by atoms with E-state index in [1.165, 1.54) is 5.56 Å². The molecule has 1 N–H and O–H groups in total. The number of hydrogen-bond donors (Lipinski definition) is 1. The zero-order chi connectivity index (χ0) is 17.9. The molecule has 2 aliphatic rings. The molecule has 0 bridgehead atoms.